The van der Waals surface area contributed by atoms with Crippen molar-refractivity contribution < 1.29 is 9.59 Å². The summed E-state index contributed by atoms with van der Waals surface area (Å²) in [5.74, 6) is -0.545. The van der Waals surface area contributed by atoms with E-state index in [1.165, 1.54) is 0 Å². The molecule has 0 bridgehead atoms. The summed E-state index contributed by atoms with van der Waals surface area (Å²) in [5.41, 5.74) is 1.15. The van der Waals surface area contributed by atoms with Crippen LogP contribution in [0, 0.1) is 0 Å². The summed E-state index contributed by atoms with van der Waals surface area (Å²) in [5, 5.41) is 8.45. The van der Waals surface area contributed by atoms with Crippen molar-refractivity contribution in [2.24, 2.45) is 0 Å². The first-order valence-corrected chi connectivity index (χ1v) is 6.87. The van der Waals surface area contributed by atoms with Crippen molar-refractivity contribution in [1.82, 2.24) is 15.6 Å². The van der Waals surface area contributed by atoms with Crippen LogP contribution in [0.5, 0.6) is 0 Å². The van der Waals surface area contributed by atoms with Crippen LogP contribution in [-0.4, -0.2) is 35.9 Å². The van der Waals surface area contributed by atoms with Crippen LogP contribution in [0.2, 0.25) is 0 Å². The number of amides is 2. The van der Waals surface area contributed by atoms with Crippen molar-refractivity contribution in [1.29, 1.82) is 0 Å². The van der Waals surface area contributed by atoms with Crippen LogP contribution in [0.1, 0.15) is 37.7 Å². The zero-order valence-electron chi connectivity index (χ0n) is 12.2. The van der Waals surface area contributed by atoms with Crippen molar-refractivity contribution in [2.75, 3.05) is 18.4 Å². The van der Waals surface area contributed by atoms with E-state index < -0.39 is 6.04 Å². The van der Waals surface area contributed by atoms with Crippen molar-refractivity contribution in [3.8, 4) is 0 Å². The Morgan fingerprint density at radius 3 is 2.60 bits per heavy atom. The molecule has 0 saturated carbocycles. The fraction of sp³-hybridized carbons (Fsp3) is 0.500. The fourth-order valence-electron chi connectivity index (χ4n) is 1.57. The van der Waals surface area contributed by atoms with E-state index in [2.05, 4.69) is 20.9 Å². The maximum Gasteiger partial charge on any atom is 0.270 e. The molecule has 110 valence electrons. The third-order valence-electron chi connectivity index (χ3n) is 2.67. The van der Waals surface area contributed by atoms with Crippen molar-refractivity contribution in [3.63, 3.8) is 0 Å². The highest BCUT2D eigenvalue weighted by Crippen LogP contribution is 2.05. The van der Waals surface area contributed by atoms with Gasteiger partial charge in [-0.2, -0.15) is 0 Å². The number of nitrogens with one attached hydrogen (secondary N) is 3. The van der Waals surface area contributed by atoms with Crippen molar-refractivity contribution in [2.45, 2.75) is 33.2 Å². The monoisotopic (exact) mass is 278 g/mol. The molecule has 0 radical (unpaired) electrons. The molecule has 2 amide bonds. The van der Waals surface area contributed by atoms with Crippen molar-refractivity contribution in [3.05, 3.63) is 24.0 Å². The Labute approximate surface area is 119 Å². The lowest BCUT2D eigenvalue weighted by molar-refractivity contribution is -0.122. The van der Waals surface area contributed by atoms with Crippen LogP contribution in [0.25, 0.3) is 0 Å². The molecule has 0 aliphatic carbocycles. The molecule has 20 heavy (non-hydrogen) atoms. The maximum absolute atomic E-state index is 11.9. The lowest BCUT2D eigenvalue weighted by Crippen LogP contribution is -2.45. The summed E-state index contributed by atoms with van der Waals surface area (Å²) in [7, 11) is 0. The average molecular weight is 278 g/mol. The molecule has 6 heteroatoms. The highest BCUT2D eigenvalue weighted by molar-refractivity contribution is 5.96. The van der Waals surface area contributed by atoms with E-state index in [1.54, 1.807) is 25.3 Å². The highest BCUT2D eigenvalue weighted by atomic mass is 16.2. The fourth-order valence-corrected chi connectivity index (χ4v) is 1.57. The molecular formula is C14H22N4O2. The normalized spacial score (nSPS) is 11.6. The SMILES string of the molecule is CCCNC(=O)C(C)NC(=O)c1ccc(NCC)cn1. The molecule has 1 atom stereocenters. The number of carbonyl (C=O) groups excluding carboxylic acids is 2. The lowest BCUT2D eigenvalue weighted by Gasteiger charge is -2.13. The number of pyridine rings is 1. The van der Waals surface area contributed by atoms with Crippen LogP contribution in [0.4, 0.5) is 5.69 Å². The number of hydrogen-bond acceptors (Lipinski definition) is 4. The Balaban J connectivity index is 2.55. The Hall–Kier alpha value is -2.11. The maximum atomic E-state index is 11.9. The summed E-state index contributed by atoms with van der Waals surface area (Å²) in [4.78, 5) is 27.6. The summed E-state index contributed by atoms with van der Waals surface area (Å²) < 4.78 is 0. The summed E-state index contributed by atoms with van der Waals surface area (Å²) in [6, 6.07) is 2.83. The van der Waals surface area contributed by atoms with Gasteiger partial charge in [-0.25, -0.2) is 4.98 Å². The minimum Gasteiger partial charge on any atom is -0.384 e. The smallest absolute Gasteiger partial charge is 0.270 e. The van der Waals surface area contributed by atoms with Gasteiger partial charge in [-0.05, 0) is 32.4 Å². The summed E-state index contributed by atoms with van der Waals surface area (Å²) in [6.45, 7) is 7.00. The van der Waals surface area contributed by atoms with Gasteiger partial charge in [0.2, 0.25) is 5.91 Å². The third kappa shape index (κ3) is 4.87. The molecule has 0 aliphatic heterocycles. The Kier molecular flexibility index (Phi) is 6.49. The van der Waals surface area contributed by atoms with E-state index in [9.17, 15) is 9.59 Å². The molecule has 0 spiro atoms. The molecule has 1 heterocycles. The van der Waals surface area contributed by atoms with Gasteiger partial charge in [-0.15, -0.1) is 0 Å². The van der Waals surface area contributed by atoms with Crippen LogP contribution in [-0.2, 0) is 4.79 Å². The quantitative estimate of drug-likeness (QED) is 0.699. The van der Waals surface area contributed by atoms with E-state index in [4.69, 9.17) is 0 Å². The van der Waals surface area contributed by atoms with Gasteiger partial charge in [0.05, 0.1) is 11.9 Å². The van der Waals surface area contributed by atoms with Gasteiger partial charge in [0.15, 0.2) is 0 Å². The number of hydrogen-bond donors (Lipinski definition) is 3. The van der Waals surface area contributed by atoms with E-state index >= 15 is 0 Å². The van der Waals surface area contributed by atoms with Crippen LogP contribution >= 0.6 is 0 Å². The molecular weight excluding hydrogens is 256 g/mol. The number of carbonyl (C=O) groups is 2. The first kappa shape index (κ1) is 15.9. The van der Waals surface area contributed by atoms with Crippen LogP contribution in [0.3, 0.4) is 0 Å². The van der Waals surface area contributed by atoms with E-state index in [0.29, 0.717) is 12.2 Å². The zero-order chi connectivity index (χ0) is 15.0. The van der Waals surface area contributed by atoms with Gasteiger partial charge in [0.1, 0.15) is 11.7 Å². The molecule has 3 N–H and O–H groups in total. The first-order chi connectivity index (χ1) is 9.58. The Morgan fingerprint density at radius 2 is 2.05 bits per heavy atom. The second-order valence-electron chi connectivity index (χ2n) is 4.45. The molecule has 1 rings (SSSR count). The topological polar surface area (TPSA) is 83.1 Å². The number of aromatic nitrogens is 1. The number of rotatable bonds is 7. The molecule has 0 aromatic carbocycles. The van der Waals surface area contributed by atoms with Gasteiger partial charge in [0, 0.05) is 13.1 Å². The summed E-state index contributed by atoms with van der Waals surface area (Å²) in [6.07, 6.45) is 2.46. The molecule has 6 nitrogen and oxygen atoms in total. The van der Waals surface area contributed by atoms with E-state index in [1.807, 2.05) is 13.8 Å². The second-order valence-corrected chi connectivity index (χ2v) is 4.45. The molecule has 1 unspecified atom stereocenters. The predicted molar refractivity (Wildman–Crippen MR) is 78.6 cm³/mol. The molecule has 0 saturated heterocycles. The lowest BCUT2D eigenvalue weighted by atomic mass is 10.2. The predicted octanol–water partition coefficient (Wildman–Crippen LogP) is 1.16. The zero-order valence-corrected chi connectivity index (χ0v) is 12.2. The molecule has 0 fully saturated rings. The van der Waals surface area contributed by atoms with Gasteiger partial charge < -0.3 is 16.0 Å². The van der Waals surface area contributed by atoms with Crippen molar-refractivity contribution >= 4 is 17.5 Å². The third-order valence-corrected chi connectivity index (χ3v) is 2.67. The van der Waals surface area contributed by atoms with E-state index in [-0.39, 0.29) is 11.8 Å². The van der Waals surface area contributed by atoms with Crippen LogP contribution in [0.15, 0.2) is 18.3 Å². The van der Waals surface area contributed by atoms with Gasteiger partial charge in [-0.1, -0.05) is 6.92 Å². The standard InChI is InChI=1S/C14H22N4O2/c1-4-8-16-13(19)10(3)18-14(20)12-7-6-11(9-17-12)15-5-2/h6-7,9-10,15H,4-5,8H2,1-3H3,(H,16,19)(H,18,20). The van der Waals surface area contributed by atoms with E-state index in [0.717, 1.165) is 18.7 Å². The summed E-state index contributed by atoms with van der Waals surface area (Å²) >= 11 is 0. The Bertz CT molecular complexity index is 445. The number of nitrogens with zero attached hydrogens (tertiary/aromatic N) is 1. The van der Waals surface area contributed by atoms with Gasteiger partial charge >= 0.3 is 0 Å². The minimum absolute atomic E-state index is 0.190. The average Bonchev–Trinajstić information content (AvgIpc) is 2.45. The molecule has 1 aromatic heterocycles. The largest absolute Gasteiger partial charge is 0.384 e. The van der Waals surface area contributed by atoms with Gasteiger partial charge in [0.25, 0.3) is 5.91 Å². The first-order valence-electron chi connectivity index (χ1n) is 6.87. The molecule has 1 aromatic rings. The Morgan fingerprint density at radius 1 is 1.30 bits per heavy atom. The molecule has 0 aliphatic rings. The minimum atomic E-state index is -0.579. The van der Waals surface area contributed by atoms with Gasteiger partial charge in [-0.3, -0.25) is 9.59 Å². The second kappa shape index (κ2) is 8.14. The van der Waals surface area contributed by atoms with Crippen LogP contribution < -0.4 is 16.0 Å². The highest BCUT2D eigenvalue weighted by Gasteiger charge is 2.16. The number of anilines is 1.